The molecule has 0 aliphatic heterocycles. The van der Waals surface area contributed by atoms with Gasteiger partial charge in [0.1, 0.15) is 19.6 Å². The van der Waals surface area contributed by atoms with Crippen LogP contribution in [0.3, 0.4) is 0 Å². The lowest BCUT2D eigenvalue weighted by atomic mass is 10.1. The number of aromatic nitrogens is 1. The van der Waals surface area contributed by atoms with Crippen LogP contribution in [0.25, 0.3) is 0 Å². The van der Waals surface area contributed by atoms with Gasteiger partial charge in [-0.1, -0.05) is 84.9 Å². The highest BCUT2D eigenvalue weighted by Gasteiger charge is 2.14. The molecule has 1 heterocycles. The van der Waals surface area contributed by atoms with Gasteiger partial charge in [0.15, 0.2) is 0 Å². The van der Waals surface area contributed by atoms with Gasteiger partial charge in [0, 0.05) is 23.9 Å². The summed E-state index contributed by atoms with van der Waals surface area (Å²) in [6.07, 6.45) is 2.21. The highest BCUT2D eigenvalue weighted by Crippen LogP contribution is 2.12. The number of hydrogen-bond acceptors (Lipinski definition) is 0. The van der Waals surface area contributed by atoms with Crippen LogP contribution in [0.5, 0.6) is 0 Å². The molecule has 0 radical (unpaired) electrons. The Morgan fingerprint density at radius 3 is 1.83 bits per heavy atom. The van der Waals surface area contributed by atoms with E-state index in [4.69, 9.17) is 0 Å². The molecule has 0 bridgehead atoms. The summed E-state index contributed by atoms with van der Waals surface area (Å²) in [4.78, 5) is 1.55. The summed E-state index contributed by atoms with van der Waals surface area (Å²) in [6.45, 7) is 6.17. The minimum Gasteiger partial charge on any atom is -0.342 e. The number of quaternary nitrogens is 1. The average Bonchev–Trinajstić information content (AvgIpc) is 3.18. The van der Waals surface area contributed by atoms with Gasteiger partial charge in [0.2, 0.25) is 0 Å². The molecule has 29 heavy (non-hydrogen) atoms. The van der Waals surface area contributed by atoms with E-state index in [1.54, 1.807) is 4.90 Å². The number of nitrogens with one attached hydrogen (secondary N) is 1. The molecule has 0 aliphatic rings. The molecule has 0 saturated carbocycles. The zero-order chi connectivity index (χ0) is 19.9. The van der Waals surface area contributed by atoms with Crippen LogP contribution in [0, 0.1) is 6.92 Å². The summed E-state index contributed by atoms with van der Waals surface area (Å²) in [7, 11) is 0. The van der Waals surface area contributed by atoms with E-state index in [0.29, 0.717) is 0 Å². The maximum atomic E-state index is 2.40. The van der Waals surface area contributed by atoms with Crippen LogP contribution in [0.1, 0.15) is 27.9 Å². The molecule has 0 spiro atoms. The van der Waals surface area contributed by atoms with Crippen molar-refractivity contribution in [3.8, 4) is 0 Å². The molecule has 0 fully saturated rings. The second kappa shape index (κ2) is 9.40. The molecule has 0 amide bonds. The Morgan fingerprint density at radius 2 is 1.21 bits per heavy atom. The van der Waals surface area contributed by atoms with Gasteiger partial charge >= 0.3 is 0 Å². The average molecular weight is 382 g/mol. The number of aryl methyl sites for hydroxylation is 1. The molecule has 1 N–H and O–H groups in total. The van der Waals surface area contributed by atoms with E-state index in [9.17, 15) is 0 Å². The predicted octanol–water partition coefficient (Wildman–Crippen LogP) is 4.63. The van der Waals surface area contributed by atoms with Crippen molar-refractivity contribution < 1.29 is 4.90 Å². The first kappa shape index (κ1) is 19.2. The fraction of sp³-hybridized carbons (Fsp3) is 0.185. The molecule has 0 unspecified atom stereocenters. The smallest absolute Gasteiger partial charge is 0.119 e. The van der Waals surface area contributed by atoms with Gasteiger partial charge in [-0.3, -0.25) is 0 Å². The van der Waals surface area contributed by atoms with Crippen LogP contribution < -0.4 is 4.90 Å². The molecular formula is C27H29N2+. The summed E-state index contributed by atoms with van der Waals surface area (Å²) in [5, 5.41) is 0. The molecule has 3 aromatic carbocycles. The third-order valence-corrected chi connectivity index (χ3v) is 5.55. The predicted molar refractivity (Wildman–Crippen MR) is 120 cm³/mol. The molecule has 0 atom stereocenters. The van der Waals surface area contributed by atoms with Crippen molar-refractivity contribution in [1.29, 1.82) is 0 Å². The van der Waals surface area contributed by atoms with E-state index in [1.807, 2.05) is 0 Å². The number of nitrogens with zero attached hydrogens (tertiary/aromatic N) is 1. The number of benzene rings is 3. The molecule has 146 valence electrons. The fourth-order valence-electron chi connectivity index (χ4n) is 3.95. The standard InChI is InChI=1S/C27H28N2/c1-23-11-8-9-16-26(23)21-29-18-10-17-27(29)22-28(19-24-12-4-2-5-13-24)20-25-14-6-3-7-15-25/h2-18H,19-22H2,1H3/p+1. The highest BCUT2D eigenvalue weighted by molar-refractivity contribution is 5.26. The Balaban J connectivity index is 1.54. The van der Waals surface area contributed by atoms with E-state index in [0.717, 1.165) is 26.2 Å². The minimum absolute atomic E-state index is 0.930. The van der Waals surface area contributed by atoms with E-state index < -0.39 is 0 Å². The Labute approximate surface area is 174 Å². The van der Waals surface area contributed by atoms with Crippen molar-refractivity contribution in [3.05, 3.63) is 131 Å². The van der Waals surface area contributed by atoms with Crippen LogP contribution in [0.15, 0.2) is 103 Å². The second-order valence-electron chi connectivity index (χ2n) is 7.81. The molecule has 1 aromatic heterocycles. The van der Waals surface area contributed by atoms with Gasteiger partial charge < -0.3 is 9.47 Å². The number of hydrogen-bond donors (Lipinski definition) is 1. The highest BCUT2D eigenvalue weighted by atomic mass is 15.1. The van der Waals surface area contributed by atoms with Crippen LogP contribution >= 0.6 is 0 Å². The lowest BCUT2D eigenvalue weighted by molar-refractivity contribution is -0.941. The summed E-state index contributed by atoms with van der Waals surface area (Å²) < 4.78 is 2.40. The molecule has 2 nitrogen and oxygen atoms in total. The molecule has 4 rings (SSSR count). The quantitative estimate of drug-likeness (QED) is 0.456. The lowest BCUT2D eigenvalue weighted by Crippen LogP contribution is -3.08. The summed E-state index contributed by atoms with van der Waals surface area (Å²) in [5.41, 5.74) is 6.89. The SMILES string of the molecule is Cc1ccccc1Cn1cccc1C[NH+](Cc1ccccc1)Cc1ccccc1. The van der Waals surface area contributed by atoms with Gasteiger partial charge in [0.25, 0.3) is 0 Å². The normalized spacial score (nSPS) is 11.1. The van der Waals surface area contributed by atoms with E-state index in [-0.39, 0.29) is 0 Å². The third kappa shape index (κ3) is 5.24. The topological polar surface area (TPSA) is 9.37 Å². The monoisotopic (exact) mass is 381 g/mol. The van der Waals surface area contributed by atoms with Gasteiger partial charge in [-0.15, -0.1) is 0 Å². The number of rotatable bonds is 8. The van der Waals surface area contributed by atoms with Crippen LogP contribution in [0.4, 0.5) is 0 Å². The van der Waals surface area contributed by atoms with Crippen LogP contribution in [0.2, 0.25) is 0 Å². The van der Waals surface area contributed by atoms with Gasteiger partial charge in [-0.05, 0) is 30.2 Å². The fourth-order valence-corrected chi connectivity index (χ4v) is 3.95. The Morgan fingerprint density at radius 1 is 0.621 bits per heavy atom. The molecule has 2 heteroatoms. The van der Waals surface area contributed by atoms with Gasteiger partial charge in [-0.2, -0.15) is 0 Å². The van der Waals surface area contributed by atoms with Gasteiger partial charge in [-0.25, -0.2) is 0 Å². The van der Waals surface area contributed by atoms with Crippen molar-refractivity contribution in [1.82, 2.24) is 4.57 Å². The summed E-state index contributed by atoms with van der Waals surface area (Å²) in [5.74, 6) is 0. The van der Waals surface area contributed by atoms with Crippen LogP contribution in [-0.2, 0) is 26.2 Å². The Hall–Kier alpha value is -3.10. The zero-order valence-corrected chi connectivity index (χ0v) is 17.1. The zero-order valence-electron chi connectivity index (χ0n) is 17.1. The second-order valence-corrected chi connectivity index (χ2v) is 7.81. The molecule has 4 aromatic rings. The van der Waals surface area contributed by atoms with Crippen molar-refractivity contribution in [2.75, 3.05) is 0 Å². The first-order valence-corrected chi connectivity index (χ1v) is 10.4. The van der Waals surface area contributed by atoms with E-state index in [2.05, 4.69) is 115 Å². The largest absolute Gasteiger partial charge is 0.342 e. The third-order valence-electron chi connectivity index (χ3n) is 5.55. The maximum Gasteiger partial charge on any atom is 0.119 e. The van der Waals surface area contributed by atoms with Crippen molar-refractivity contribution in [3.63, 3.8) is 0 Å². The molecule has 0 aliphatic carbocycles. The van der Waals surface area contributed by atoms with E-state index >= 15 is 0 Å². The van der Waals surface area contributed by atoms with Gasteiger partial charge in [0.05, 0.1) is 5.69 Å². The van der Waals surface area contributed by atoms with Crippen molar-refractivity contribution in [2.45, 2.75) is 33.1 Å². The maximum absolute atomic E-state index is 2.40. The van der Waals surface area contributed by atoms with Crippen molar-refractivity contribution >= 4 is 0 Å². The van der Waals surface area contributed by atoms with E-state index in [1.165, 1.54) is 27.9 Å². The van der Waals surface area contributed by atoms with Crippen molar-refractivity contribution in [2.24, 2.45) is 0 Å². The summed E-state index contributed by atoms with van der Waals surface area (Å²) >= 11 is 0. The molecular weight excluding hydrogens is 352 g/mol. The lowest BCUT2D eigenvalue weighted by Gasteiger charge is -2.21. The first-order valence-electron chi connectivity index (χ1n) is 10.4. The molecule has 0 saturated heterocycles. The summed E-state index contributed by atoms with van der Waals surface area (Å²) in [6, 6.07) is 34.8. The van der Waals surface area contributed by atoms with Crippen LogP contribution in [-0.4, -0.2) is 4.57 Å². The Bertz CT molecular complexity index is 977. The minimum atomic E-state index is 0.930. The first-order chi connectivity index (χ1) is 14.3. The Kier molecular flexibility index (Phi) is 6.23.